The average molecular weight is 234 g/mol. The molecule has 0 aliphatic heterocycles. The third kappa shape index (κ3) is 3.41. The summed E-state index contributed by atoms with van der Waals surface area (Å²) in [5, 5.41) is 0. The van der Waals surface area contributed by atoms with Crippen molar-refractivity contribution >= 4 is 17.7 Å². The second-order valence-electron chi connectivity index (χ2n) is 3.47. The first kappa shape index (κ1) is 12.9. The molecule has 0 aliphatic rings. The van der Waals surface area contributed by atoms with Crippen molar-refractivity contribution in [2.45, 2.75) is 13.8 Å². The smallest absolute Gasteiger partial charge is 0.405 e. The van der Waals surface area contributed by atoms with Crippen LogP contribution in [-0.4, -0.2) is 17.7 Å². The van der Waals surface area contributed by atoms with Crippen LogP contribution in [0.25, 0.3) is 0 Å². The fraction of sp³-hybridized carbons (Fsp3) is 0.167. The van der Waals surface area contributed by atoms with Gasteiger partial charge in [0.2, 0.25) is 0 Å². The number of carbonyl (C=O) groups is 3. The number of carbonyl (C=O) groups excluding carboxylic acids is 3. The van der Waals surface area contributed by atoms with Gasteiger partial charge in [-0.1, -0.05) is 12.1 Å². The van der Waals surface area contributed by atoms with Crippen molar-refractivity contribution in [3.63, 3.8) is 0 Å². The summed E-state index contributed by atoms with van der Waals surface area (Å²) in [7, 11) is 0. The van der Waals surface area contributed by atoms with Gasteiger partial charge in [0, 0.05) is 11.1 Å². The summed E-state index contributed by atoms with van der Waals surface area (Å²) in [6.45, 7) is 3.87. The molecule has 1 aromatic carbocycles. The van der Waals surface area contributed by atoms with E-state index in [1.807, 2.05) is 0 Å². The minimum Gasteiger partial charge on any atom is -0.437 e. The van der Waals surface area contributed by atoms with Gasteiger partial charge in [-0.2, -0.15) is 0 Å². The Bertz CT molecular complexity index is 479. The van der Waals surface area contributed by atoms with Crippen LogP contribution in [0.15, 0.2) is 18.2 Å². The second kappa shape index (κ2) is 5.25. The molecule has 0 bridgehead atoms. The molecule has 2 N–H and O–H groups in total. The molecular weight excluding hydrogens is 222 g/mol. The highest BCUT2D eigenvalue weighted by Gasteiger charge is 2.12. The van der Waals surface area contributed by atoms with Crippen molar-refractivity contribution < 1.29 is 19.1 Å². The Hall–Kier alpha value is -2.17. The highest BCUT2D eigenvalue weighted by molar-refractivity contribution is 6.07. The Morgan fingerprint density at radius 2 is 1.71 bits per heavy atom. The van der Waals surface area contributed by atoms with E-state index < -0.39 is 6.09 Å². The highest BCUT2D eigenvalue weighted by atomic mass is 16.5. The Morgan fingerprint density at radius 3 is 2.18 bits per heavy atom. The number of Topliss-reactive ketones (excluding diaryl/α,β-unsaturated/α-hetero) is 2. The molecule has 0 heterocycles. The number of amides is 1. The van der Waals surface area contributed by atoms with E-state index >= 15 is 0 Å². The third-order valence-electron chi connectivity index (χ3n) is 2.11. The summed E-state index contributed by atoms with van der Waals surface area (Å²) in [5.41, 5.74) is 5.92. The Morgan fingerprint density at radius 1 is 1.12 bits per heavy atom. The molecule has 1 radical (unpaired) electrons. The molecule has 0 spiro atoms. The largest absolute Gasteiger partial charge is 0.437 e. The van der Waals surface area contributed by atoms with Gasteiger partial charge in [-0.25, -0.2) is 4.79 Å². The molecule has 0 unspecified atom stereocenters. The van der Waals surface area contributed by atoms with Crippen molar-refractivity contribution in [1.82, 2.24) is 0 Å². The molecule has 1 amide bonds. The van der Waals surface area contributed by atoms with Gasteiger partial charge in [-0.05, 0) is 25.5 Å². The molecule has 5 heteroatoms. The third-order valence-corrected chi connectivity index (χ3v) is 2.11. The van der Waals surface area contributed by atoms with Crippen LogP contribution in [-0.2, 0) is 4.74 Å². The number of ketones is 2. The molecule has 17 heavy (non-hydrogen) atoms. The SMILES string of the molecule is CC(=O)c1ccc([CH]OC(N)=O)cc1C(C)=O. The minimum atomic E-state index is -0.940. The summed E-state index contributed by atoms with van der Waals surface area (Å²) in [4.78, 5) is 33.1. The summed E-state index contributed by atoms with van der Waals surface area (Å²) < 4.78 is 4.48. The van der Waals surface area contributed by atoms with Gasteiger partial charge in [0.25, 0.3) is 0 Å². The van der Waals surface area contributed by atoms with Crippen LogP contribution >= 0.6 is 0 Å². The molecule has 5 nitrogen and oxygen atoms in total. The first-order chi connectivity index (χ1) is 7.91. The molecule has 1 rings (SSSR count). The zero-order chi connectivity index (χ0) is 13.0. The summed E-state index contributed by atoms with van der Waals surface area (Å²) in [6.07, 6.45) is -0.940. The maximum Gasteiger partial charge on any atom is 0.405 e. The average Bonchev–Trinajstić information content (AvgIpc) is 2.25. The lowest BCUT2D eigenvalue weighted by Crippen LogP contribution is -2.12. The van der Waals surface area contributed by atoms with Crippen LogP contribution in [0.2, 0.25) is 0 Å². The fourth-order valence-corrected chi connectivity index (χ4v) is 1.36. The van der Waals surface area contributed by atoms with E-state index in [4.69, 9.17) is 5.73 Å². The number of primary amides is 1. The van der Waals surface area contributed by atoms with Crippen molar-refractivity contribution in [3.05, 3.63) is 41.5 Å². The number of hydrogen-bond acceptors (Lipinski definition) is 4. The van der Waals surface area contributed by atoms with Gasteiger partial charge in [0.05, 0.1) is 0 Å². The van der Waals surface area contributed by atoms with Crippen LogP contribution < -0.4 is 5.73 Å². The highest BCUT2D eigenvalue weighted by Crippen LogP contribution is 2.15. The van der Waals surface area contributed by atoms with Crippen LogP contribution in [0.5, 0.6) is 0 Å². The van der Waals surface area contributed by atoms with Crippen molar-refractivity contribution in [2.75, 3.05) is 0 Å². The van der Waals surface area contributed by atoms with E-state index in [1.54, 1.807) is 6.07 Å². The van der Waals surface area contributed by atoms with Crippen LogP contribution in [0, 0.1) is 6.61 Å². The molecule has 0 saturated heterocycles. The van der Waals surface area contributed by atoms with E-state index in [1.165, 1.54) is 26.0 Å². The van der Waals surface area contributed by atoms with Crippen LogP contribution in [0.4, 0.5) is 4.79 Å². The van der Waals surface area contributed by atoms with E-state index in [0.717, 1.165) is 6.61 Å². The Balaban J connectivity index is 3.05. The standard InChI is InChI=1S/C12H12NO4/c1-7(14)10-4-3-9(6-17-12(13)16)5-11(10)8(2)15/h3-6H,1-2H3,(H2,13,16). The van der Waals surface area contributed by atoms with Gasteiger partial charge in [0.15, 0.2) is 18.2 Å². The lowest BCUT2D eigenvalue weighted by Gasteiger charge is -2.06. The molecular formula is C12H12NO4. The predicted molar refractivity (Wildman–Crippen MR) is 60.5 cm³/mol. The van der Waals surface area contributed by atoms with Crippen LogP contribution in [0.1, 0.15) is 40.1 Å². The fourth-order valence-electron chi connectivity index (χ4n) is 1.36. The van der Waals surface area contributed by atoms with Gasteiger partial charge in [0.1, 0.15) is 0 Å². The molecule has 0 aliphatic carbocycles. The molecule has 0 saturated carbocycles. The predicted octanol–water partition coefficient (Wildman–Crippen LogP) is 1.70. The zero-order valence-corrected chi connectivity index (χ0v) is 9.52. The van der Waals surface area contributed by atoms with E-state index in [2.05, 4.69) is 4.74 Å². The van der Waals surface area contributed by atoms with Gasteiger partial charge in [-0.15, -0.1) is 0 Å². The Labute approximate surface area is 98.6 Å². The monoisotopic (exact) mass is 234 g/mol. The number of hydrogen-bond donors (Lipinski definition) is 1. The quantitative estimate of drug-likeness (QED) is 0.803. The van der Waals surface area contributed by atoms with E-state index in [9.17, 15) is 14.4 Å². The summed E-state index contributed by atoms with van der Waals surface area (Å²) in [6, 6.07) is 4.55. The second-order valence-corrected chi connectivity index (χ2v) is 3.47. The molecule has 89 valence electrons. The van der Waals surface area contributed by atoms with E-state index in [-0.39, 0.29) is 11.6 Å². The topological polar surface area (TPSA) is 86.5 Å². The van der Waals surface area contributed by atoms with Crippen LogP contribution in [0.3, 0.4) is 0 Å². The number of benzene rings is 1. The minimum absolute atomic E-state index is 0.197. The molecule has 0 atom stereocenters. The maximum atomic E-state index is 11.4. The number of nitrogens with two attached hydrogens (primary N) is 1. The lowest BCUT2D eigenvalue weighted by molar-refractivity contribution is 0.0980. The number of rotatable bonds is 4. The van der Waals surface area contributed by atoms with Crippen molar-refractivity contribution in [1.29, 1.82) is 0 Å². The summed E-state index contributed by atoms with van der Waals surface area (Å²) in [5.74, 6) is -0.429. The van der Waals surface area contributed by atoms with E-state index in [0.29, 0.717) is 16.7 Å². The number of ether oxygens (including phenoxy) is 1. The normalized spacial score (nSPS) is 9.76. The van der Waals surface area contributed by atoms with Gasteiger partial charge < -0.3 is 10.5 Å². The first-order valence-electron chi connectivity index (χ1n) is 4.87. The lowest BCUT2D eigenvalue weighted by atomic mass is 9.99. The maximum absolute atomic E-state index is 11.4. The molecule has 0 aromatic heterocycles. The first-order valence-corrected chi connectivity index (χ1v) is 4.87. The summed E-state index contributed by atoms with van der Waals surface area (Å²) >= 11 is 0. The van der Waals surface area contributed by atoms with Gasteiger partial charge >= 0.3 is 6.09 Å². The molecule has 1 aromatic rings. The molecule has 0 fully saturated rings. The zero-order valence-electron chi connectivity index (χ0n) is 9.52. The van der Waals surface area contributed by atoms with Crippen molar-refractivity contribution in [2.24, 2.45) is 5.73 Å². The van der Waals surface area contributed by atoms with Gasteiger partial charge in [-0.3, -0.25) is 9.59 Å². The van der Waals surface area contributed by atoms with Crippen molar-refractivity contribution in [3.8, 4) is 0 Å². The Kier molecular flexibility index (Phi) is 3.98.